The Morgan fingerprint density at radius 1 is 0.871 bits per heavy atom. The molecule has 5 heteroatoms. The molecule has 1 aliphatic heterocycles. The van der Waals surface area contributed by atoms with E-state index in [2.05, 4.69) is 10.6 Å². The van der Waals surface area contributed by atoms with E-state index in [1.165, 1.54) is 12.1 Å². The molecule has 154 valence electrons. The number of ketones is 2. The third kappa shape index (κ3) is 3.63. The Balaban J connectivity index is 1.58. The number of carbonyl (C=O) groups is 2. The standard InChI is InChI=1S/C26H21FN2O2/c27-19-12-9-16(10-13-19)25-24-21(7-4-8-23(24)30)28-22-15-18(11-14-20(22)29-25)26(31)17-5-2-1-3-6-17/h1-3,5-6,9-15,25,28-29H,4,7-8H2. The maximum absolute atomic E-state index is 13.5. The predicted molar refractivity (Wildman–Crippen MR) is 119 cm³/mol. The summed E-state index contributed by atoms with van der Waals surface area (Å²) in [6.07, 6.45) is 2.02. The van der Waals surface area contributed by atoms with E-state index in [4.69, 9.17) is 0 Å². The second kappa shape index (κ2) is 7.84. The fourth-order valence-electron chi connectivity index (χ4n) is 4.29. The summed E-state index contributed by atoms with van der Waals surface area (Å²) in [6.45, 7) is 0. The van der Waals surface area contributed by atoms with Crippen molar-refractivity contribution in [1.82, 2.24) is 0 Å². The van der Waals surface area contributed by atoms with Gasteiger partial charge < -0.3 is 10.6 Å². The summed E-state index contributed by atoms with van der Waals surface area (Å²) in [5, 5.41) is 6.88. The highest BCUT2D eigenvalue weighted by molar-refractivity contribution is 6.10. The normalized spacial score (nSPS) is 17.7. The van der Waals surface area contributed by atoms with Crippen LogP contribution in [-0.2, 0) is 4.79 Å². The molecular formula is C26H21FN2O2. The summed E-state index contributed by atoms with van der Waals surface area (Å²) in [4.78, 5) is 25.8. The van der Waals surface area contributed by atoms with Crippen molar-refractivity contribution in [1.29, 1.82) is 0 Å². The quantitative estimate of drug-likeness (QED) is 0.547. The van der Waals surface area contributed by atoms with Gasteiger partial charge in [-0.15, -0.1) is 0 Å². The lowest BCUT2D eigenvalue weighted by Crippen LogP contribution is -2.23. The van der Waals surface area contributed by atoms with Gasteiger partial charge in [0.1, 0.15) is 5.82 Å². The molecule has 0 bridgehead atoms. The minimum Gasteiger partial charge on any atom is -0.372 e. The van der Waals surface area contributed by atoms with Gasteiger partial charge in [0.05, 0.1) is 17.4 Å². The van der Waals surface area contributed by atoms with Gasteiger partial charge in [0, 0.05) is 28.8 Å². The van der Waals surface area contributed by atoms with Crippen LogP contribution in [0.2, 0.25) is 0 Å². The van der Waals surface area contributed by atoms with Crippen LogP contribution in [0.5, 0.6) is 0 Å². The number of hydrogen-bond acceptors (Lipinski definition) is 4. The lowest BCUT2D eigenvalue weighted by Gasteiger charge is -2.25. The van der Waals surface area contributed by atoms with E-state index in [9.17, 15) is 14.0 Å². The van der Waals surface area contributed by atoms with Crippen molar-refractivity contribution in [3.8, 4) is 0 Å². The topological polar surface area (TPSA) is 58.2 Å². The summed E-state index contributed by atoms with van der Waals surface area (Å²) < 4.78 is 13.5. The zero-order valence-corrected chi connectivity index (χ0v) is 16.8. The molecule has 0 aromatic heterocycles. The number of halogens is 1. The molecular weight excluding hydrogens is 391 g/mol. The molecule has 0 amide bonds. The fourth-order valence-corrected chi connectivity index (χ4v) is 4.29. The number of allylic oxidation sites excluding steroid dienone is 1. The van der Waals surface area contributed by atoms with E-state index in [1.807, 2.05) is 30.3 Å². The molecule has 5 rings (SSSR count). The van der Waals surface area contributed by atoms with Crippen molar-refractivity contribution in [3.63, 3.8) is 0 Å². The van der Waals surface area contributed by atoms with E-state index in [0.29, 0.717) is 23.1 Å². The van der Waals surface area contributed by atoms with E-state index in [0.717, 1.165) is 35.5 Å². The first-order valence-corrected chi connectivity index (χ1v) is 10.4. The molecule has 0 saturated carbocycles. The summed E-state index contributed by atoms with van der Waals surface area (Å²) >= 11 is 0. The van der Waals surface area contributed by atoms with Crippen LogP contribution in [0.3, 0.4) is 0 Å². The SMILES string of the molecule is O=C1CCCC2=C1C(c1ccc(F)cc1)Nc1ccc(C(=O)c3ccccc3)cc1N2. The molecule has 3 aromatic rings. The van der Waals surface area contributed by atoms with Crippen LogP contribution in [0.4, 0.5) is 15.8 Å². The number of anilines is 2. The Morgan fingerprint density at radius 2 is 1.65 bits per heavy atom. The molecule has 31 heavy (non-hydrogen) atoms. The second-order valence-electron chi connectivity index (χ2n) is 7.88. The van der Waals surface area contributed by atoms with Crippen LogP contribution in [0.15, 0.2) is 84.1 Å². The molecule has 1 aliphatic carbocycles. The first-order valence-electron chi connectivity index (χ1n) is 10.4. The highest BCUT2D eigenvalue weighted by Gasteiger charge is 2.32. The molecule has 1 unspecified atom stereocenters. The van der Waals surface area contributed by atoms with Crippen molar-refractivity contribution >= 4 is 22.9 Å². The molecule has 3 aromatic carbocycles. The van der Waals surface area contributed by atoms with Crippen LogP contribution in [0, 0.1) is 5.82 Å². The number of rotatable bonds is 3. The average Bonchev–Trinajstić information content (AvgIpc) is 2.96. The minimum atomic E-state index is -0.382. The van der Waals surface area contributed by atoms with Gasteiger partial charge >= 0.3 is 0 Å². The van der Waals surface area contributed by atoms with Crippen molar-refractivity contribution in [2.24, 2.45) is 0 Å². The van der Waals surface area contributed by atoms with Crippen LogP contribution in [0.25, 0.3) is 0 Å². The number of fused-ring (bicyclic) bond motifs is 1. The monoisotopic (exact) mass is 412 g/mol. The number of hydrogen-bond donors (Lipinski definition) is 2. The van der Waals surface area contributed by atoms with Crippen molar-refractivity contribution < 1.29 is 14.0 Å². The zero-order chi connectivity index (χ0) is 21.4. The van der Waals surface area contributed by atoms with Gasteiger partial charge in [-0.2, -0.15) is 0 Å². The third-order valence-electron chi connectivity index (χ3n) is 5.85. The van der Waals surface area contributed by atoms with Crippen molar-refractivity contribution in [2.75, 3.05) is 10.6 Å². The highest BCUT2D eigenvalue weighted by Crippen LogP contribution is 2.41. The molecule has 0 fully saturated rings. The Hall–Kier alpha value is -3.73. The largest absolute Gasteiger partial charge is 0.372 e. The molecule has 0 radical (unpaired) electrons. The van der Waals surface area contributed by atoms with Gasteiger partial charge in [0.25, 0.3) is 0 Å². The van der Waals surface area contributed by atoms with Crippen LogP contribution < -0.4 is 10.6 Å². The molecule has 2 N–H and O–H groups in total. The Kier molecular flexibility index (Phi) is 4.86. The summed E-state index contributed by atoms with van der Waals surface area (Å²) in [6, 6.07) is 20.5. The number of Topliss-reactive ketones (excluding diaryl/α,β-unsaturated/α-hetero) is 1. The van der Waals surface area contributed by atoms with Crippen molar-refractivity contribution in [3.05, 3.63) is 107 Å². The number of benzene rings is 3. The predicted octanol–water partition coefficient (Wildman–Crippen LogP) is 5.64. The van der Waals surface area contributed by atoms with Crippen LogP contribution in [-0.4, -0.2) is 11.6 Å². The summed E-state index contributed by atoms with van der Waals surface area (Å²) in [7, 11) is 0. The van der Waals surface area contributed by atoms with E-state index >= 15 is 0 Å². The lowest BCUT2D eigenvalue weighted by molar-refractivity contribution is -0.116. The van der Waals surface area contributed by atoms with Gasteiger partial charge in [0.2, 0.25) is 0 Å². The molecule has 4 nitrogen and oxygen atoms in total. The average molecular weight is 412 g/mol. The summed E-state index contributed by atoms with van der Waals surface area (Å²) in [5.74, 6) is -0.286. The first kappa shape index (κ1) is 19.2. The van der Waals surface area contributed by atoms with Gasteiger partial charge in [-0.1, -0.05) is 42.5 Å². The minimum absolute atomic E-state index is 0.0570. The molecule has 1 heterocycles. The van der Waals surface area contributed by atoms with Gasteiger partial charge in [-0.3, -0.25) is 9.59 Å². The smallest absolute Gasteiger partial charge is 0.193 e. The van der Waals surface area contributed by atoms with Gasteiger partial charge in [-0.05, 0) is 48.7 Å². The zero-order valence-electron chi connectivity index (χ0n) is 16.8. The first-order chi connectivity index (χ1) is 15.1. The third-order valence-corrected chi connectivity index (χ3v) is 5.85. The highest BCUT2D eigenvalue weighted by atomic mass is 19.1. The Bertz CT molecular complexity index is 1200. The lowest BCUT2D eigenvalue weighted by atomic mass is 9.87. The second-order valence-corrected chi connectivity index (χ2v) is 7.88. The maximum atomic E-state index is 13.5. The molecule has 0 spiro atoms. The Labute approximate surface area is 179 Å². The van der Waals surface area contributed by atoms with Crippen LogP contribution >= 0.6 is 0 Å². The van der Waals surface area contributed by atoms with Gasteiger partial charge in [-0.25, -0.2) is 4.39 Å². The number of carbonyl (C=O) groups excluding carboxylic acids is 2. The fraction of sp³-hybridized carbons (Fsp3) is 0.154. The van der Waals surface area contributed by atoms with E-state index in [-0.39, 0.29) is 23.4 Å². The van der Waals surface area contributed by atoms with E-state index < -0.39 is 0 Å². The summed E-state index contributed by atoms with van der Waals surface area (Å²) in [5.41, 5.74) is 5.12. The van der Waals surface area contributed by atoms with Gasteiger partial charge in [0.15, 0.2) is 11.6 Å². The van der Waals surface area contributed by atoms with Crippen LogP contribution in [0.1, 0.15) is 46.8 Å². The van der Waals surface area contributed by atoms with E-state index in [1.54, 1.807) is 30.3 Å². The molecule has 1 atom stereocenters. The van der Waals surface area contributed by atoms with Crippen molar-refractivity contribution in [2.45, 2.75) is 25.3 Å². The Morgan fingerprint density at radius 3 is 2.42 bits per heavy atom. The molecule has 0 saturated heterocycles. The molecule has 2 aliphatic rings. The maximum Gasteiger partial charge on any atom is 0.193 e. The number of nitrogens with one attached hydrogen (secondary N) is 2.